The molecule has 0 aromatic carbocycles. The van der Waals surface area contributed by atoms with Crippen LogP contribution < -0.4 is 5.32 Å². The standard InChI is InChI=1S/C21H43NO2.Na.H/c1-3-4-5-6-7-8-9-10-11-12-13-14-15-16-17-18-19-24-21(23)20-22-2;;/h22H,3-20H2,1-2H3;;. The summed E-state index contributed by atoms with van der Waals surface area (Å²) >= 11 is 0. The van der Waals surface area contributed by atoms with E-state index >= 15 is 0 Å². The van der Waals surface area contributed by atoms with Crippen LogP contribution in [-0.2, 0) is 9.53 Å². The normalized spacial score (nSPS) is 10.5. The van der Waals surface area contributed by atoms with E-state index < -0.39 is 0 Å². The Hall–Kier alpha value is 0.430. The summed E-state index contributed by atoms with van der Waals surface area (Å²) in [7, 11) is 1.76. The van der Waals surface area contributed by atoms with E-state index in [1.807, 2.05) is 0 Å². The topological polar surface area (TPSA) is 38.3 Å². The van der Waals surface area contributed by atoms with E-state index in [0.29, 0.717) is 13.2 Å². The second kappa shape index (κ2) is 24.4. The zero-order chi connectivity index (χ0) is 17.7. The van der Waals surface area contributed by atoms with E-state index in [2.05, 4.69) is 12.2 Å². The van der Waals surface area contributed by atoms with Gasteiger partial charge in [0.15, 0.2) is 0 Å². The average molecular weight is 366 g/mol. The summed E-state index contributed by atoms with van der Waals surface area (Å²) < 4.78 is 5.10. The van der Waals surface area contributed by atoms with Gasteiger partial charge in [-0.2, -0.15) is 0 Å². The Labute approximate surface area is 179 Å². The molecule has 0 radical (unpaired) electrons. The molecule has 4 heteroatoms. The molecule has 25 heavy (non-hydrogen) atoms. The van der Waals surface area contributed by atoms with Gasteiger partial charge in [-0.15, -0.1) is 0 Å². The Kier molecular flexibility index (Phi) is 27.0. The molecule has 0 rings (SSSR count). The first kappa shape index (κ1) is 27.6. The van der Waals surface area contributed by atoms with Crippen LogP contribution >= 0.6 is 0 Å². The molecule has 0 bridgehead atoms. The average Bonchev–Trinajstić information content (AvgIpc) is 2.58. The number of esters is 1. The van der Waals surface area contributed by atoms with Gasteiger partial charge in [0.05, 0.1) is 13.2 Å². The SMILES string of the molecule is CCCCCCCCCCCCCCCCCCOC(=O)CNC.[NaH]. The minimum absolute atomic E-state index is 0. The van der Waals surface area contributed by atoms with Crippen LogP contribution in [0.15, 0.2) is 0 Å². The number of unbranched alkanes of at least 4 members (excludes halogenated alkanes) is 15. The van der Waals surface area contributed by atoms with Crippen LogP contribution in [0.2, 0.25) is 0 Å². The first-order chi connectivity index (χ1) is 11.8. The summed E-state index contributed by atoms with van der Waals surface area (Å²) in [5.41, 5.74) is 0. The molecule has 0 saturated heterocycles. The molecule has 0 aliphatic rings. The molecule has 0 aliphatic carbocycles. The minimum atomic E-state index is -0.140. The van der Waals surface area contributed by atoms with Crippen molar-refractivity contribution in [2.24, 2.45) is 0 Å². The van der Waals surface area contributed by atoms with Gasteiger partial charge in [0.2, 0.25) is 0 Å². The van der Waals surface area contributed by atoms with Crippen LogP contribution in [0.25, 0.3) is 0 Å². The van der Waals surface area contributed by atoms with E-state index in [1.54, 1.807) is 7.05 Å². The van der Waals surface area contributed by atoms with Crippen molar-refractivity contribution < 1.29 is 9.53 Å². The third kappa shape index (κ3) is 24.4. The molecule has 0 aromatic heterocycles. The van der Waals surface area contributed by atoms with Crippen molar-refractivity contribution in [2.45, 2.75) is 110 Å². The Morgan fingerprint density at radius 1 is 0.680 bits per heavy atom. The van der Waals surface area contributed by atoms with E-state index in [-0.39, 0.29) is 35.5 Å². The number of ether oxygens (including phenoxy) is 1. The van der Waals surface area contributed by atoms with E-state index in [4.69, 9.17) is 4.74 Å². The van der Waals surface area contributed by atoms with Crippen molar-refractivity contribution in [1.29, 1.82) is 0 Å². The van der Waals surface area contributed by atoms with Gasteiger partial charge in [-0.25, -0.2) is 0 Å². The first-order valence-corrected chi connectivity index (χ1v) is 10.6. The van der Waals surface area contributed by atoms with Crippen molar-refractivity contribution in [1.82, 2.24) is 5.32 Å². The molecule has 0 atom stereocenters. The molecular formula is C21H44NNaO2. The predicted octanol–water partition coefficient (Wildman–Crippen LogP) is 5.36. The Bertz CT molecular complexity index is 262. The molecule has 0 amide bonds. The van der Waals surface area contributed by atoms with E-state index in [9.17, 15) is 4.79 Å². The molecule has 0 aromatic rings. The second-order valence-electron chi connectivity index (χ2n) is 7.05. The quantitative estimate of drug-likeness (QED) is 0.190. The van der Waals surface area contributed by atoms with Gasteiger partial charge in [-0.3, -0.25) is 4.79 Å². The molecule has 0 saturated carbocycles. The summed E-state index contributed by atoms with van der Waals surface area (Å²) in [4.78, 5) is 11.1. The van der Waals surface area contributed by atoms with Gasteiger partial charge < -0.3 is 10.1 Å². The third-order valence-electron chi connectivity index (χ3n) is 4.58. The number of hydrogen-bond acceptors (Lipinski definition) is 3. The number of rotatable bonds is 19. The van der Waals surface area contributed by atoms with Crippen LogP contribution in [0.4, 0.5) is 0 Å². The fraction of sp³-hybridized carbons (Fsp3) is 0.952. The van der Waals surface area contributed by atoms with E-state index in [0.717, 1.165) is 6.42 Å². The van der Waals surface area contributed by atoms with Gasteiger partial charge in [0, 0.05) is 0 Å². The predicted molar refractivity (Wildman–Crippen MR) is 112 cm³/mol. The molecule has 0 heterocycles. The van der Waals surface area contributed by atoms with Crippen molar-refractivity contribution >= 4 is 35.5 Å². The Morgan fingerprint density at radius 3 is 1.40 bits per heavy atom. The van der Waals surface area contributed by atoms with Crippen molar-refractivity contribution in [3.63, 3.8) is 0 Å². The maximum atomic E-state index is 11.1. The van der Waals surface area contributed by atoms with Gasteiger partial charge in [-0.05, 0) is 13.5 Å². The number of likely N-dealkylation sites (N-methyl/N-ethyl adjacent to an activating group) is 1. The summed E-state index contributed by atoms with van der Waals surface area (Å²) in [6, 6.07) is 0. The zero-order valence-corrected chi connectivity index (χ0v) is 16.5. The van der Waals surface area contributed by atoms with Crippen molar-refractivity contribution in [2.75, 3.05) is 20.2 Å². The number of hydrogen-bond donors (Lipinski definition) is 1. The monoisotopic (exact) mass is 365 g/mol. The molecular weight excluding hydrogens is 321 g/mol. The molecule has 0 spiro atoms. The maximum absolute atomic E-state index is 11.1. The van der Waals surface area contributed by atoms with Gasteiger partial charge in [-0.1, -0.05) is 103 Å². The van der Waals surface area contributed by atoms with Crippen LogP contribution in [0.3, 0.4) is 0 Å². The summed E-state index contributed by atoms with van der Waals surface area (Å²) in [5, 5.41) is 2.80. The number of nitrogens with one attached hydrogen (secondary N) is 1. The number of carbonyl (C=O) groups is 1. The van der Waals surface area contributed by atoms with Crippen LogP contribution in [0.5, 0.6) is 0 Å². The third-order valence-corrected chi connectivity index (χ3v) is 4.58. The molecule has 1 N–H and O–H groups in total. The summed E-state index contributed by atoms with van der Waals surface area (Å²) in [6.07, 6.45) is 21.8. The number of carbonyl (C=O) groups excluding carboxylic acids is 1. The van der Waals surface area contributed by atoms with Crippen LogP contribution in [0.1, 0.15) is 110 Å². The summed E-state index contributed by atoms with van der Waals surface area (Å²) in [5.74, 6) is -0.140. The van der Waals surface area contributed by atoms with Crippen molar-refractivity contribution in [3.05, 3.63) is 0 Å². The van der Waals surface area contributed by atoms with Crippen LogP contribution in [-0.4, -0.2) is 55.7 Å². The zero-order valence-electron chi connectivity index (χ0n) is 16.5. The van der Waals surface area contributed by atoms with Gasteiger partial charge >= 0.3 is 35.5 Å². The second-order valence-corrected chi connectivity index (χ2v) is 7.05. The molecule has 0 aliphatic heterocycles. The van der Waals surface area contributed by atoms with Crippen molar-refractivity contribution in [3.8, 4) is 0 Å². The molecule has 3 nitrogen and oxygen atoms in total. The fourth-order valence-electron chi connectivity index (χ4n) is 3.03. The van der Waals surface area contributed by atoms with Crippen LogP contribution in [0, 0.1) is 0 Å². The first-order valence-electron chi connectivity index (χ1n) is 10.6. The Balaban J connectivity index is 0. The summed E-state index contributed by atoms with van der Waals surface area (Å²) in [6.45, 7) is 3.18. The molecule has 0 fully saturated rings. The molecule has 146 valence electrons. The molecule has 0 unspecified atom stereocenters. The van der Waals surface area contributed by atoms with Gasteiger partial charge in [0.25, 0.3) is 0 Å². The Morgan fingerprint density at radius 2 is 1.04 bits per heavy atom. The fourth-order valence-corrected chi connectivity index (χ4v) is 3.03. The van der Waals surface area contributed by atoms with Gasteiger partial charge in [0.1, 0.15) is 0 Å². The van der Waals surface area contributed by atoms with E-state index in [1.165, 1.54) is 96.3 Å².